The Hall–Kier alpha value is -2.26. The molecule has 29 heavy (non-hydrogen) atoms. The topological polar surface area (TPSA) is 71.5 Å². The number of nitrogens with zero attached hydrogens (tertiary/aromatic N) is 2. The Morgan fingerprint density at radius 2 is 1.86 bits per heavy atom. The molecule has 3 heterocycles. The fourth-order valence-corrected chi connectivity index (χ4v) is 4.96. The molecule has 1 aromatic heterocycles. The Balaban J connectivity index is 1.40. The van der Waals surface area contributed by atoms with Crippen molar-refractivity contribution in [3.63, 3.8) is 0 Å². The number of sulfonamides is 1. The summed E-state index contributed by atoms with van der Waals surface area (Å²) < 4.78 is 59.3. The van der Waals surface area contributed by atoms with E-state index in [0.717, 1.165) is 69.4 Å². The lowest BCUT2D eigenvalue weighted by Gasteiger charge is -2.35. The minimum atomic E-state index is -3.95. The molecule has 2 aliphatic heterocycles. The Morgan fingerprint density at radius 1 is 1.07 bits per heavy atom. The molecule has 2 aliphatic rings. The molecule has 0 amide bonds. The maximum atomic E-state index is 13.3. The van der Waals surface area contributed by atoms with Crippen LogP contribution in [0, 0.1) is 17.6 Å². The first kappa shape index (κ1) is 20.0. The highest BCUT2D eigenvalue weighted by Gasteiger charge is 2.30. The van der Waals surface area contributed by atoms with Gasteiger partial charge in [0, 0.05) is 32.0 Å². The largest absolute Gasteiger partial charge is 0.378 e. The van der Waals surface area contributed by atoms with Crippen LogP contribution in [-0.2, 0) is 14.8 Å². The molecule has 1 aromatic carbocycles. The average molecular weight is 423 g/mol. The van der Waals surface area contributed by atoms with Crippen molar-refractivity contribution in [3.05, 3.63) is 48.2 Å². The van der Waals surface area contributed by atoms with E-state index in [2.05, 4.69) is 14.6 Å². The first-order valence-corrected chi connectivity index (χ1v) is 11.2. The van der Waals surface area contributed by atoms with E-state index < -0.39 is 21.7 Å². The fraction of sp³-hybridized carbons (Fsp3) is 0.450. The van der Waals surface area contributed by atoms with Crippen molar-refractivity contribution in [2.45, 2.75) is 36.7 Å². The maximum Gasteiger partial charge on any atom is 0.263 e. The van der Waals surface area contributed by atoms with E-state index in [1.165, 1.54) is 12.3 Å². The number of aromatic nitrogens is 1. The molecular weight excluding hydrogens is 400 g/mol. The van der Waals surface area contributed by atoms with Crippen molar-refractivity contribution in [2.24, 2.45) is 5.92 Å². The summed E-state index contributed by atoms with van der Waals surface area (Å²) in [7, 11) is -3.95. The Morgan fingerprint density at radius 3 is 2.48 bits per heavy atom. The Bertz CT molecular complexity index is 955. The molecule has 4 rings (SSSR count). The number of rotatable bonds is 5. The fourth-order valence-electron chi connectivity index (χ4n) is 3.97. The standard InChI is InChI=1S/C20H23F2N3O3S/c21-17-5-3-15(12-18(17)22)24-29(26,27)16-4-6-20(23-13-16)25-9-7-14(8-10-25)19-2-1-11-28-19/h3-6,12-14,19,24H,1-2,7-11H2. The van der Waals surface area contributed by atoms with Gasteiger partial charge in [-0.1, -0.05) is 0 Å². The van der Waals surface area contributed by atoms with Crippen LogP contribution in [0.2, 0.25) is 0 Å². The number of ether oxygens (including phenoxy) is 1. The van der Waals surface area contributed by atoms with Gasteiger partial charge in [0.1, 0.15) is 10.7 Å². The van der Waals surface area contributed by atoms with Crippen LogP contribution in [0.15, 0.2) is 41.4 Å². The molecule has 0 bridgehead atoms. The zero-order valence-corrected chi connectivity index (χ0v) is 16.7. The quantitative estimate of drug-likeness (QED) is 0.796. The van der Waals surface area contributed by atoms with Crippen LogP contribution in [0.4, 0.5) is 20.3 Å². The molecule has 6 nitrogen and oxygen atoms in total. The van der Waals surface area contributed by atoms with Gasteiger partial charge in [0.2, 0.25) is 0 Å². The number of benzene rings is 1. The second kappa shape index (κ2) is 8.23. The van der Waals surface area contributed by atoms with Gasteiger partial charge in [0.05, 0.1) is 11.8 Å². The Kier molecular flexibility index (Phi) is 5.69. The number of nitrogens with one attached hydrogen (secondary N) is 1. The van der Waals surface area contributed by atoms with Gasteiger partial charge >= 0.3 is 0 Å². The summed E-state index contributed by atoms with van der Waals surface area (Å²) in [6, 6.07) is 5.97. The summed E-state index contributed by atoms with van der Waals surface area (Å²) >= 11 is 0. The molecule has 1 atom stereocenters. The summed E-state index contributed by atoms with van der Waals surface area (Å²) in [5.41, 5.74) is -0.0517. The van der Waals surface area contributed by atoms with Crippen LogP contribution < -0.4 is 9.62 Å². The van der Waals surface area contributed by atoms with Crippen molar-refractivity contribution < 1.29 is 21.9 Å². The lowest BCUT2D eigenvalue weighted by atomic mass is 9.90. The SMILES string of the molecule is O=S(=O)(Nc1ccc(F)c(F)c1)c1ccc(N2CCC(C3CCCO3)CC2)nc1. The highest BCUT2D eigenvalue weighted by Crippen LogP contribution is 2.30. The van der Waals surface area contributed by atoms with Gasteiger partial charge in [0.15, 0.2) is 11.6 Å². The summed E-state index contributed by atoms with van der Waals surface area (Å²) in [4.78, 5) is 6.41. The van der Waals surface area contributed by atoms with Crippen LogP contribution in [0.5, 0.6) is 0 Å². The van der Waals surface area contributed by atoms with Crippen LogP contribution in [0.3, 0.4) is 0 Å². The number of hydrogen-bond donors (Lipinski definition) is 1. The zero-order chi connectivity index (χ0) is 20.4. The van der Waals surface area contributed by atoms with E-state index in [9.17, 15) is 17.2 Å². The van der Waals surface area contributed by atoms with Gasteiger partial charge < -0.3 is 9.64 Å². The van der Waals surface area contributed by atoms with Gasteiger partial charge in [-0.25, -0.2) is 22.2 Å². The molecule has 0 spiro atoms. The predicted molar refractivity (Wildman–Crippen MR) is 105 cm³/mol. The lowest BCUT2D eigenvalue weighted by Crippen LogP contribution is -2.38. The van der Waals surface area contributed by atoms with Gasteiger partial charge in [-0.2, -0.15) is 0 Å². The smallest absolute Gasteiger partial charge is 0.263 e. The second-order valence-corrected chi connectivity index (χ2v) is 9.14. The van der Waals surface area contributed by atoms with Crippen LogP contribution in [0.1, 0.15) is 25.7 Å². The van der Waals surface area contributed by atoms with Crippen LogP contribution >= 0.6 is 0 Å². The molecule has 1 N–H and O–H groups in total. The maximum absolute atomic E-state index is 13.3. The highest BCUT2D eigenvalue weighted by atomic mass is 32.2. The number of piperidine rings is 1. The van der Waals surface area contributed by atoms with Gasteiger partial charge in [0.25, 0.3) is 10.0 Å². The van der Waals surface area contributed by atoms with Gasteiger partial charge in [-0.05, 0) is 55.9 Å². The third kappa shape index (κ3) is 4.51. The number of hydrogen-bond acceptors (Lipinski definition) is 5. The molecule has 2 saturated heterocycles. The van der Waals surface area contributed by atoms with Crippen molar-refractivity contribution in [1.82, 2.24) is 4.98 Å². The van der Waals surface area contributed by atoms with Gasteiger partial charge in [-0.3, -0.25) is 4.72 Å². The summed E-state index contributed by atoms with van der Waals surface area (Å²) in [6.45, 7) is 2.58. The number of halogens is 2. The molecule has 1 unspecified atom stereocenters. The highest BCUT2D eigenvalue weighted by molar-refractivity contribution is 7.92. The number of anilines is 2. The second-order valence-electron chi connectivity index (χ2n) is 7.46. The van der Waals surface area contributed by atoms with Crippen molar-refractivity contribution in [2.75, 3.05) is 29.3 Å². The van der Waals surface area contributed by atoms with Crippen molar-refractivity contribution in [1.29, 1.82) is 0 Å². The third-order valence-corrected chi connectivity index (χ3v) is 6.92. The van der Waals surface area contributed by atoms with Crippen LogP contribution in [0.25, 0.3) is 0 Å². The summed E-state index contributed by atoms with van der Waals surface area (Å²) in [6.07, 6.45) is 6.00. The molecule has 0 saturated carbocycles. The minimum absolute atomic E-state index is 0.0415. The normalized spacial score (nSPS) is 20.8. The zero-order valence-electron chi connectivity index (χ0n) is 15.9. The minimum Gasteiger partial charge on any atom is -0.378 e. The molecule has 9 heteroatoms. The first-order chi connectivity index (χ1) is 13.9. The van der Waals surface area contributed by atoms with Crippen molar-refractivity contribution >= 4 is 21.5 Å². The Labute approximate surface area is 168 Å². The van der Waals surface area contributed by atoms with Crippen molar-refractivity contribution in [3.8, 4) is 0 Å². The summed E-state index contributed by atoms with van der Waals surface area (Å²) in [5, 5.41) is 0. The molecular formula is C20H23F2N3O3S. The predicted octanol–water partition coefficient (Wildman–Crippen LogP) is 3.56. The van der Waals surface area contributed by atoms with E-state index >= 15 is 0 Å². The number of pyridine rings is 1. The van der Waals surface area contributed by atoms with E-state index in [4.69, 9.17) is 4.74 Å². The molecule has 0 radical (unpaired) electrons. The van der Waals surface area contributed by atoms with E-state index in [0.29, 0.717) is 12.0 Å². The third-order valence-electron chi connectivity index (χ3n) is 5.56. The molecule has 156 valence electrons. The first-order valence-electron chi connectivity index (χ1n) is 9.73. The van der Waals surface area contributed by atoms with Crippen LogP contribution in [-0.4, -0.2) is 39.2 Å². The van der Waals surface area contributed by atoms with E-state index in [1.807, 2.05) is 0 Å². The molecule has 2 aromatic rings. The van der Waals surface area contributed by atoms with Gasteiger partial charge in [-0.15, -0.1) is 0 Å². The molecule has 2 fully saturated rings. The average Bonchev–Trinajstić information content (AvgIpc) is 3.26. The van der Waals surface area contributed by atoms with E-state index in [1.54, 1.807) is 6.07 Å². The molecule has 0 aliphatic carbocycles. The summed E-state index contributed by atoms with van der Waals surface area (Å²) in [5.74, 6) is -0.858. The van der Waals surface area contributed by atoms with E-state index in [-0.39, 0.29) is 10.6 Å². The monoisotopic (exact) mass is 423 g/mol. The lowest BCUT2D eigenvalue weighted by molar-refractivity contribution is 0.0531.